The standard InChI is InChI=1S/C17H24FNO2/c1-19(17(20)10-8-13-5-3-4-6-13)12-14-7-9-16(21-2)15(18)11-14/h7,9,11,13H,3-6,8,10,12H2,1-2H3. The Labute approximate surface area is 126 Å². The van der Waals surface area contributed by atoms with E-state index in [-0.39, 0.29) is 17.5 Å². The van der Waals surface area contributed by atoms with Crippen molar-refractivity contribution in [2.24, 2.45) is 5.92 Å². The average Bonchev–Trinajstić information content (AvgIpc) is 2.98. The van der Waals surface area contributed by atoms with E-state index in [0.717, 1.165) is 17.9 Å². The van der Waals surface area contributed by atoms with E-state index in [4.69, 9.17) is 4.74 Å². The van der Waals surface area contributed by atoms with Crippen LogP contribution >= 0.6 is 0 Å². The van der Waals surface area contributed by atoms with E-state index >= 15 is 0 Å². The van der Waals surface area contributed by atoms with Crippen molar-refractivity contribution < 1.29 is 13.9 Å². The summed E-state index contributed by atoms with van der Waals surface area (Å²) >= 11 is 0. The number of amides is 1. The van der Waals surface area contributed by atoms with Crippen molar-refractivity contribution >= 4 is 5.91 Å². The number of benzene rings is 1. The maximum Gasteiger partial charge on any atom is 0.222 e. The van der Waals surface area contributed by atoms with E-state index in [1.54, 1.807) is 24.1 Å². The van der Waals surface area contributed by atoms with Gasteiger partial charge in [-0.05, 0) is 30.0 Å². The fourth-order valence-electron chi connectivity index (χ4n) is 2.99. The quantitative estimate of drug-likeness (QED) is 0.799. The van der Waals surface area contributed by atoms with Gasteiger partial charge in [-0.3, -0.25) is 4.79 Å². The molecule has 1 fully saturated rings. The summed E-state index contributed by atoms with van der Waals surface area (Å²) in [5.74, 6) is 0.703. The number of halogens is 1. The lowest BCUT2D eigenvalue weighted by atomic mass is 10.0. The second kappa shape index (κ2) is 7.43. The molecule has 0 heterocycles. The first-order valence-corrected chi connectivity index (χ1v) is 7.66. The second-order valence-corrected chi connectivity index (χ2v) is 5.91. The lowest BCUT2D eigenvalue weighted by Gasteiger charge is -2.18. The lowest BCUT2D eigenvalue weighted by molar-refractivity contribution is -0.130. The van der Waals surface area contributed by atoms with E-state index in [0.29, 0.717) is 13.0 Å². The van der Waals surface area contributed by atoms with Crippen molar-refractivity contribution in [2.75, 3.05) is 14.2 Å². The summed E-state index contributed by atoms with van der Waals surface area (Å²) in [7, 11) is 3.22. The Morgan fingerprint density at radius 3 is 2.71 bits per heavy atom. The zero-order valence-corrected chi connectivity index (χ0v) is 12.9. The first-order valence-electron chi connectivity index (χ1n) is 7.66. The summed E-state index contributed by atoms with van der Waals surface area (Å²) < 4.78 is 18.5. The van der Waals surface area contributed by atoms with Crippen LogP contribution in [-0.4, -0.2) is 25.0 Å². The predicted octanol–water partition coefficient (Wildman–Crippen LogP) is 3.76. The normalized spacial score (nSPS) is 15.2. The molecule has 0 aromatic heterocycles. The van der Waals surface area contributed by atoms with Gasteiger partial charge in [-0.15, -0.1) is 0 Å². The summed E-state index contributed by atoms with van der Waals surface area (Å²) in [6, 6.07) is 4.82. The number of nitrogens with zero attached hydrogens (tertiary/aromatic N) is 1. The van der Waals surface area contributed by atoms with Crippen LogP contribution in [-0.2, 0) is 11.3 Å². The monoisotopic (exact) mass is 293 g/mol. The zero-order valence-electron chi connectivity index (χ0n) is 12.9. The van der Waals surface area contributed by atoms with Crippen LogP contribution in [0.25, 0.3) is 0 Å². The first kappa shape index (κ1) is 15.8. The third kappa shape index (κ3) is 4.45. The Hall–Kier alpha value is -1.58. The van der Waals surface area contributed by atoms with Crippen LogP contribution in [0.3, 0.4) is 0 Å². The van der Waals surface area contributed by atoms with Crippen molar-refractivity contribution in [3.63, 3.8) is 0 Å². The molecule has 0 radical (unpaired) electrons. The number of methoxy groups -OCH3 is 1. The van der Waals surface area contributed by atoms with Crippen molar-refractivity contribution in [1.82, 2.24) is 4.90 Å². The molecule has 1 aromatic carbocycles. The van der Waals surface area contributed by atoms with Crippen molar-refractivity contribution in [2.45, 2.75) is 45.1 Å². The van der Waals surface area contributed by atoms with E-state index in [1.807, 2.05) is 0 Å². The Morgan fingerprint density at radius 2 is 2.10 bits per heavy atom. The Balaban J connectivity index is 1.83. The van der Waals surface area contributed by atoms with Gasteiger partial charge in [-0.2, -0.15) is 0 Å². The van der Waals surface area contributed by atoms with Crippen molar-refractivity contribution in [3.05, 3.63) is 29.6 Å². The molecule has 0 atom stereocenters. The molecule has 0 aliphatic heterocycles. The number of carbonyl (C=O) groups is 1. The molecule has 0 N–H and O–H groups in total. The van der Waals surface area contributed by atoms with Gasteiger partial charge in [0, 0.05) is 20.0 Å². The van der Waals surface area contributed by atoms with Gasteiger partial charge < -0.3 is 9.64 Å². The minimum atomic E-state index is -0.387. The maximum atomic E-state index is 13.6. The molecule has 1 amide bonds. The van der Waals surface area contributed by atoms with Gasteiger partial charge in [-0.25, -0.2) is 4.39 Å². The van der Waals surface area contributed by atoms with Gasteiger partial charge in [0.05, 0.1) is 7.11 Å². The number of hydrogen-bond acceptors (Lipinski definition) is 2. The molecule has 21 heavy (non-hydrogen) atoms. The molecule has 3 nitrogen and oxygen atoms in total. The van der Waals surface area contributed by atoms with Crippen LogP contribution in [0.15, 0.2) is 18.2 Å². The molecular formula is C17H24FNO2. The van der Waals surface area contributed by atoms with E-state index in [1.165, 1.54) is 38.9 Å². The van der Waals surface area contributed by atoms with Gasteiger partial charge in [0.25, 0.3) is 0 Å². The highest BCUT2D eigenvalue weighted by Gasteiger charge is 2.18. The molecule has 1 aromatic rings. The predicted molar refractivity (Wildman–Crippen MR) is 80.6 cm³/mol. The molecule has 4 heteroatoms. The number of rotatable bonds is 6. The number of ether oxygens (including phenoxy) is 1. The third-order valence-electron chi connectivity index (χ3n) is 4.30. The minimum absolute atomic E-state index is 0.137. The SMILES string of the molecule is COc1ccc(CN(C)C(=O)CCC2CCCC2)cc1F. The topological polar surface area (TPSA) is 29.5 Å². The summed E-state index contributed by atoms with van der Waals surface area (Å²) in [6.07, 6.45) is 6.72. The van der Waals surface area contributed by atoms with Gasteiger partial charge in [-0.1, -0.05) is 31.7 Å². The van der Waals surface area contributed by atoms with Crippen LogP contribution in [0.5, 0.6) is 5.75 Å². The lowest BCUT2D eigenvalue weighted by Crippen LogP contribution is -2.26. The van der Waals surface area contributed by atoms with Crippen LogP contribution < -0.4 is 4.74 Å². The highest BCUT2D eigenvalue weighted by atomic mass is 19.1. The van der Waals surface area contributed by atoms with Gasteiger partial charge in [0.15, 0.2) is 11.6 Å². The fourth-order valence-corrected chi connectivity index (χ4v) is 2.99. The van der Waals surface area contributed by atoms with Gasteiger partial charge in [0.2, 0.25) is 5.91 Å². The number of carbonyl (C=O) groups excluding carboxylic acids is 1. The van der Waals surface area contributed by atoms with E-state index in [9.17, 15) is 9.18 Å². The number of hydrogen-bond donors (Lipinski definition) is 0. The Kier molecular flexibility index (Phi) is 5.59. The maximum absolute atomic E-state index is 13.6. The molecule has 2 rings (SSSR count). The van der Waals surface area contributed by atoms with Gasteiger partial charge >= 0.3 is 0 Å². The molecule has 1 aliphatic rings. The molecule has 1 aliphatic carbocycles. The Bertz CT molecular complexity index is 484. The van der Waals surface area contributed by atoms with Crippen LogP contribution in [0.4, 0.5) is 4.39 Å². The summed E-state index contributed by atoms with van der Waals surface area (Å²) in [5.41, 5.74) is 0.782. The molecule has 0 spiro atoms. The highest BCUT2D eigenvalue weighted by molar-refractivity contribution is 5.75. The molecule has 116 valence electrons. The Morgan fingerprint density at radius 1 is 1.38 bits per heavy atom. The first-order chi connectivity index (χ1) is 10.1. The van der Waals surface area contributed by atoms with Gasteiger partial charge in [0.1, 0.15) is 0 Å². The van der Waals surface area contributed by atoms with Crippen molar-refractivity contribution in [3.8, 4) is 5.75 Å². The fraction of sp³-hybridized carbons (Fsp3) is 0.588. The third-order valence-corrected chi connectivity index (χ3v) is 4.30. The second-order valence-electron chi connectivity index (χ2n) is 5.91. The molecule has 1 saturated carbocycles. The summed E-state index contributed by atoms with van der Waals surface area (Å²) in [5, 5.41) is 0. The molecular weight excluding hydrogens is 269 g/mol. The molecule has 0 bridgehead atoms. The summed E-state index contributed by atoms with van der Waals surface area (Å²) in [4.78, 5) is 13.8. The zero-order chi connectivity index (χ0) is 15.2. The summed E-state index contributed by atoms with van der Waals surface area (Å²) in [6.45, 7) is 0.435. The van der Waals surface area contributed by atoms with E-state index < -0.39 is 0 Å². The van der Waals surface area contributed by atoms with Crippen LogP contribution in [0.1, 0.15) is 44.1 Å². The average molecular weight is 293 g/mol. The van der Waals surface area contributed by atoms with Crippen LogP contribution in [0.2, 0.25) is 0 Å². The minimum Gasteiger partial charge on any atom is -0.494 e. The largest absolute Gasteiger partial charge is 0.494 e. The highest BCUT2D eigenvalue weighted by Crippen LogP contribution is 2.28. The molecule has 0 unspecified atom stereocenters. The smallest absolute Gasteiger partial charge is 0.222 e. The molecule has 0 saturated heterocycles. The van der Waals surface area contributed by atoms with Crippen molar-refractivity contribution in [1.29, 1.82) is 0 Å². The van der Waals surface area contributed by atoms with E-state index in [2.05, 4.69) is 0 Å². The van der Waals surface area contributed by atoms with Crippen LogP contribution in [0, 0.1) is 11.7 Å².